The lowest BCUT2D eigenvalue weighted by atomic mass is 9.93. The summed E-state index contributed by atoms with van der Waals surface area (Å²) in [6.07, 6.45) is 0. The van der Waals surface area contributed by atoms with Gasteiger partial charge in [-0.15, -0.1) is 0 Å². The second-order valence-corrected chi connectivity index (χ2v) is 13.8. The van der Waals surface area contributed by atoms with Gasteiger partial charge >= 0.3 is 0 Å². The Labute approximate surface area is 315 Å². The van der Waals surface area contributed by atoms with Crippen molar-refractivity contribution in [3.05, 3.63) is 218 Å². The number of hydrogen-bond donors (Lipinski definition) is 0. The molecule has 254 valence electrons. The molecule has 0 N–H and O–H groups in total. The number of anilines is 3. The van der Waals surface area contributed by atoms with E-state index in [0.29, 0.717) is 0 Å². The Morgan fingerprint density at radius 1 is 0.296 bits per heavy atom. The highest BCUT2D eigenvalue weighted by Crippen LogP contribution is 2.42. The molecule has 10 aromatic rings. The van der Waals surface area contributed by atoms with E-state index in [-0.39, 0.29) is 0 Å². The average molecular weight is 689 g/mol. The summed E-state index contributed by atoms with van der Waals surface area (Å²) in [6, 6.07) is 78.8. The Morgan fingerprint density at radius 3 is 1.50 bits per heavy atom. The predicted octanol–water partition coefficient (Wildman–Crippen LogP) is 14.4. The zero-order valence-electron chi connectivity index (χ0n) is 29.7. The number of para-hydroxylation sites is 3. The first-order chi connectivity index (χ1) is 26.8. The second-order valence-electron chi connectivity index (χ2n) is 13.8. The molecular weight excluding hydrogens is 653 g/mol. The summed E-state index contributed by atoms with van der Waals surface area (Å²) in [4.78, 5) is 2.36. The number of rotatable bonds is 7. The standard InChI is InChI=1S/C52H36N2/c1-3-14-38(15-4-1)50-36-44(34-35-47(50)40-28-32-43(33-29-40)54-51-24-11-9-21-48(51)49-22-10-12-25-52(49)54)53(41-18-5-2-6-19-41)42-30-26-39(27-31-42)46-23-13-17-37-16-7-8-20-45(37)46/h1-36H. The first kappa shape index (κ1) is 31.6. The van der Waals surface area contributed by atoms with E-state index < -0.39 is 0 Å². The van der Waals surface area contributed by atoms with Crippen LogP contribution >= 0.6 is 0 Å². The zero-order valence-corrected chi connectivity index (χ0v) is 29.7. The van der Waals surface area contributed by atoms with Crippen LogP contribution in [0, 0.1) is 0 Å². The molecule has 9 aromatic carbocycles. The molecule has 1 aromatic heterocycles. The molecule has 0 radical (unpaired) electrons. The van der Waals surface area contributed by atoms with Crippen LogP contribution in [0.5, 0.6) is 0 Å². The summed E-state index contributed by atoms with van der Waals surface area (Å²) in [5, 5.41) is 5.05. The van der Waals surface area contributed by atoms with Crippen LogP contribution in [0.3, 0.4) is 0 Å². The first-order valence-corrected chi connectivity index (χ1v) is 18.5. The molecule has 0 saturated carbocycles. The van der Waals surface area contributed by atoms with Crippen molar-refractivity contribution in [1.29, 1.82) is 0 Å². The van der Waals surface area contributed by atoms with E-state index >= 15 is 0 Å². The third-order valence-corrected chi connectivity index (χ3v) is 10.6. The summed E-state index contributed by atoms with van der Waals surface area (Å²) in [5.41, 5.74) is 14.1. The number of benzene rings is 9. The largest absolute Gasteiger partial charge is 0.310 e. The molecule has 0 saturated heterocycles. The molecule has 0 aliphatic heterocycles. The van der Waals surface area contributed by atoms with E-state index in [0.717, 1.165) is 22.7 Å². The lowest BCUT2D eigenvalue weighted by Crippen LogP contribution is -2.10. The summed E-state index contributed by atoms with van der Waals surface area (Å²) < 4.78 is 2.37. The smallest absolute Gasteiger partial charge is 0.0541 e. The van der Waals surface area contributed by atoms with Gasteiger partial charge in [0.2, 0.25) is 0 Å². The van der Waals surface area contributed by atoms with E-state index in [9.17, 15) is 0 Å². The van der Waals surface area contributed by atoms with Crippen molar-refractivity contribution in [2.75, 3.05) is 4.90 Å². The molecule has 0 atom stereocenters. The average Bonchev–Trinajstić information content (AvgIpc) is 3.59. The number of hydrogen-bond acceptors (Lipinski definition) is 1. The highest BCUT2D eigenvalue weighted by molar-refractivity contribution is 6.09. The van der Waals surface area contributed by atoms with Gasteiger partial charge in [0.1, 0.15) is 0 Å². The van der Waals surface area contributed by atoms with Crippen LogP contribution in [0.2, 0.25) is 0 Å². The van der Waals surface area contributed by atoms with Crippen LogP contribution in [0.15, 0.2) is 218 Å². The van der Waals surface area contributed by atoms with Crippen molar-refractivity contribution in [2.24, 2.45) is 0 Å². The minimum absolute atomic E-state index is 1.10. The van der Waals surface area contributed by atoms with Gasteiger partial charge in [-0.05, 0) is 105 Å². The van der Waals surface area contributed by atoms with Crippen molar-refractivity contribution in [1.82, 2.24) is 4.57 Å². The Morgan fingerprint density at radius 2 is 0.796 bits per heavy atom. The van der Waals surface area contributed by atoms with Crippen LogP contribution in [-0.2, 0) is 0 Å². The first-order valence-electron chi connectivity index (χ1n) is 18.5. The fraction of sp³-hybridized carbons (Fsp3) is 0. The van der Waals surface area contributed by atoms with Crippen LogP contribution in [0.4, 0.5) is 17.1 Å². The fourth-order valence-electron chi connectivity index (χ4n) is 8.06. The molecule has 10 rings (SSSR count). The van der Waals surface area contributed by atoms with Gasteiger partial charge in [-0.1, -0.05) is 158 Å². The van der Waals surface area contributed by atoms with Crippen LogP contribution in [-0.4, -0.2) is 4.57 Å². The van der Waals surface area contributed by atoms with Gasteiger partial charge in [-0.3, -0.25) is 0 Å². The molecular formula is C52H36N2. The van der Waals surface area contributed by atoms with Gasteiger partial charge in [0.25, 0.3) is 0 Å². The molecule has 0 spiro atoms. The molecule has 2 nitrogen and oxygen atoms in total. The third-order valence-electron chi connectivity index (χ3n) is 10.6. The molecule has 54 heavy (non-hydrogen) atoms. The maximum atomic E-state index is 2.37. The van der Waals surface area contributed by atoms with Gasteiger partial charge in [0.15, 0.2) is 0 Å². The normalized spacial score (nSPS) is 11.3. The molecule has 1 heterocycles. The van der Waals surface area contributed by atoms with Crippen molar-refractivity contribution in [3.8, 4) is 39.1 Å². The van der Waals surface area contributed by atoms with E-state index in [1.807, 2.05) is 0 Å². The molecule has 0 unspecified atom stereocenters. The number of fused-ring (bicyclic) bond motifs is 4. The second kappa shape index (κ2) is 13.4. The van der Waals surface area contributed by atoms with Crippen LogP contribution in [0.1, 0.15) is 0 Å². The van der Waals surface area contributed by atoms with E-state index in [2.05, 4.69) is 228 Å². The Balaban J connectivity index is 1.07. The van der Waals surface area contributed by atoms with Crippen molar-refractivity contribution in [2.45, 2.75) is 0 Å². The van der Waals surface area contributed by atoms with Gasteiger partial charge in [-0.25, -0.2) is 0 Å². The monoisotopic (exact) mass is 688 g/mol. The molecule has 0 aliphatic rings. The minimum Gasteiger partial charge on any atom is -0.310 e. The van der Waals surface area contributed by atoms with Crippen LogP contribution in [0.25, 0.3) is 71.6 Å². The maximum absolute atomic E-state index is 2.37. The van der Waals surface area contributed by atoms with Crippen molar-refractivity contribution in [3.63, 3.8) is 0 Å². The fourth-order valence-corrected chi connectivity index (χ4v) is 8.06. The Hall–Kier alpha value is -7.16. The summed E-state index contributed by atoms with van der Waals surface area (Å²) in [7, 11) is 0. The quantitative estimate of drug-likeness (QED) is 0.162. The number of nitrogens with zero attached hydrogens (tertiary/aromatic N) is 2. The zero-order chi connectivity index (χ0) is 35.8. The summed E-state index contributed by atoms with van der Waals surface area (Å²) >= 11 is 0. The predicted molar refractivity (Wildman–Crippen MR) is 229 cm³/mol. The molecule has 0 bridgehead atoms. The van der Waals surface area contributed by atoms with E-state index in [1.54, 1.807) is 0 Å². The van der Waals surface area contributed by atoms with Crippen LogP contribution < -0.4 is 4.90 Å². The van der Waals surface area contributed by atoms with Gasteiger partial charge in [-0.2, -0.15) is 0 Å². The van der Waals surface area contributed by atoms with E-state index in [4.69, 9.17) is 0 Å². The summed E-state index contributed by atoms with van der Waals surface area (Å²) in [5.74, 6) is 0. The highest BCUT2D eigenvalue weighted by Gasteiger charge is 2.18. The molecule has 2 heteroatoms. The number of aromatic nitrogens is 1. The minimum atomic E-state index is 1.10. The Kier molecular flexibility index (Phi) is 7.85. The lowest BCUT2D eigenvalue weighted by molar-refractivity contribution is 1.18. The molecule has 0 amide bonds. The Bertz CT molecular complexity index is 2850. The van der Waals surface area contributed by atoms with Crippen molar-refractivity contribution >= 4 is 49.6 Å². The molecule has 0 fully saturated rings. The third kappa shape index (κ3) is 5.53. The van der Waals surface area contributed by atoms with E-state index in [1.165, 1.54) is 66.0 Å². The lowest BCUT2D eigenvalue weighted by Gasteiger charge is -2.27. The highest BCUT2D eigenvalue weighted by atomic mass is 15.1. The SMILES string of the molecule is c1ccc(-c2cc(N(c3ccccc3)c3ccc(-c4cccc5ccccc45)cc3)ccc2-c2ccc(-n3c4ccccc4c4ccccc43)cc2)cc1. The van der Waals surface area contributed by atoms with Gasteiger partial charge in [0, 0.05) is 33.5 Å². The molecule has 0 aliphatic carbocycles. The topological polar surface area (TPSA) is 8.17 Å². The summed E-state index contributed by atoms with van der Waals surface area (Å²) in [6.45, 7) is 0. The van der Waals surface area contributed by atoms with Gasteiger partial charge < -0.3 is 9.47 Å². The van der Waals surface area contributed by atoms with Crippen molar-refractivity contribution < 1.29 is 0 Å². The maximum Gasteiger partial charge on any atom is 0.0541 e. The van der Waals surface area contributed by atoms with Gasteiger partial charge in [0.05, 0.1) is 11.0 Å².